The van der Waals surface area contributed by atoms with Crippen molar-refractivity contribution in [2.45, 2.75) is 50.5 Å². The van der Waals surface area contributed by atoms with E-state index in [0.717, 1.165) is 11.3 Å². The number of carbonyl (C=O) groups excluding carboxylic acids is 2. The molecule has 2 aliphatic carbocycles. The van der Waals surface area contributed by atoms with E-state index in [-0.39, 0.29) is 28.7 Å². The molecule has 3 atom stereocenters. The summed E-state index contributed by atoms with van der Waals surface area (Å²) in [6.45, 7) is 5.87. The molecule has 10 heteroatoms. The standard InChI is InChI=1S/C25H24N6O4/c1-12(2)14-7-8-15-18(11-14)35-25(34)16-5-4-6-17(26)19(16)20(32)24(15,25)29-22(33)21-28-23-27-10-9-13(3)31(23)30-21/h4-5,7-12,17,34H,6,26H2,1-3H3,(H,29,33). The summed E-state index contributed by atoms with van der Waals surface area (Å²) in [7, 11) is 0. The Morgan fingerprint density at radius 2 is 2.14 bits per heavy atom. The maximum atomic E-state index is 14.0. The van der Waals surface area contributed by atoms with Crippen LogP contribution in [-0.4, -0.2) is 48.2 Å². The summed E-state index contributed by atoms with van der Waals surface area (Å²) in [6.07, 6.45) is 5.44. The molecular formula is C25H24N6O4. The van der Waals surface area contributed by atoms with E-state index in [1.807, 2.05) is 26.8 Å². The highest BCUT2D eigenvalue weighted by Crippen LogP contribution is 2.57. The van der Waals surface area contributed by atoms with E-state index < -0.39 is 29.1 Å². The molecular weight excluding hydrogens is 448 g/mol. The number of fused-ring (bicyclic) bond motifs is 5. The van der Waals surface area contributed by atoms with E-state index in [1.165, 1.54) is 4.52 Å². The molecule has 1 aliphatic heterocycles. The van der Waals surface area contributed by atoms with Crippen molar-refractivity contribution < 1.29 is 19.4 Å². The molecule has 3 unspecified atom stereocenters. The molecule has 0 fully saturated rings. The van der Waals surface area contributed by atoms with E-state index in [0.29, 0.717) is 17.7 Å². The van der Waals surface area contributed by atoms with Gasteiger partial charge in [-0.1, -0.05) is 38.1 Å². The summed E-state index contributed by atoms with van der Waals surface area (Å²) in [5, 5.41) is 19.0. The number of Topliss-reactive ketones (excluding diaryl/α,β-unsaturated/α-hetero) is 1. The number of benzene rings is 1. The first kappa shape index (κ1) is 21.6. The van der Waals surface area contributed by atoms with Crippen molar-refractivity contribution in [2.75, 3.05) is 0 Å². The number of rotatable bonds is 3. The second kappa shape index (κ2) is 7.06. The predicted octanol–water partition coefficient (Wildman–Crippen LogP) is 1.43. The lowest BCUT2D eigenvalue weighted by atomic mass is 9.81. The monoisotopic (exact) mass is 472 g/mol. The number of nitrogens with two attached hydrogens (primary N) is 1. The summed E-state index contributed by atoms with van der Waals surface area (Å²) in [5.74, 6) is -2.85. The highest BCUT2D eigenvalue weighted by atomic mass is 16.6. The zero-order valence-electron chi connectivity index (χ0n) is 19.4. The van der Waals surface area contributed by atoms with Gasteiger partial charge in [0.1, 0.15) is 5.75 Å². The number of nitrogens with one attached hydrogen (secondary N) is 1. The van der Waals surface area contributed by atoms with Crippen LogP contribution in [0.25, 0.3) is 5.78 Å². The molecule has 3 aromatic rings. The molecule has 0 saturated carbocycles. The number of amides is 1. The molecule has 35 heavy (non-hydrogen) atoms. The van der Waals surface area contributed by atoms with Gasteiger partial charge in [-0.2, -0.15) is 4.98 Å². The lowest BCUT2D eigenvalue weighted by molar-refractivity contribution is -0.154. The Bertz CT molecular complexity index is 1500. The molecule has 0 spiro atoms. The summed E-state index contributed by atoms with van der Waals surface area (Å²) < 4.78 is 7.55. The molecule has 1 amide bonds. The molecule has 0 bridgehead atoms. The average molecular weight is 473 g/mol. The topological polar surface area (TPSA) is 145 Å². The van der Waals surface area contributed by atoms with E-state index in [9.17, 15) is 14.7 Å². The number of ether oxygens (including phenoxy) is 1. The van der Waals surface area contributed by atoms with Crippen LogP contribution >= 0.6 is 0 Å². The van der Waals surface area contributed by atoms with Crippen molar-refractivity contribution in [1.29, 1.82) is 0 Å². The van der Waals surface area contributed by atoms with Gasteiger partial charge in [0.2, 0.25) is 11.4 Å². The fraction of sp³-hybridized carbons (Fsp3) is 0.320. The first-order valence-corrected chi connectivity index (χ1v) is 11.5. The third-order valence-corrected chi connectivity index (χ3v) is 7.06. The maximum absolute atomic E-state index is 14.0. The van der Waals surface area contributed by atoms with Crippen molar-refractivity contribution >= 4 is 17.5 Å². The van der Waals surface area contributed by atoms with Gasteiger partial charge in [-0.25, -0.2) is 9.50 Å². The molecule has 0 saturated heterocycles. The number of hydrogen-bond donors (Lipinski definition) is 3. The molecule has 1 aromatic carbocycles. The van der Waals surface area contributed by atoms with Crippen LogP contribution < -0.4 is 15.8 Å². The molecule has 6 rings (SSSR count). The van der Waals surface area contributed by atoms with Crippen LogP contribution in [0.3, 0.4) is 0 Å². The predicted molar refractivity (Wildman–Crippen MR) is 125 cm³/mol. The number of aromatic nitrogens is 4. The molecule has 2 aromatic heterocycles. The van der Waals surface area contributed by atoms with Crippen LogP contribution in [0.4, 0.5) is 0 Å². The zero-order valence-corrected chi connectivity index (χ0v) is 19.4. The molecule has 178 valence electrons. The van der Waals surface area contributed by atoms with E-state index in [4.69, 9.17) is 10.5 Å². The summed E-state index contributed by atoms with van der Waals surface area (Å²) in [4.78, 5) is 35.9. The number of carbonyl (C=O) groups is 2. The normalized spacial score (nSPS) is 26.7. The third-order valence-electron chi connectivity index (χ3n) is 7.06. The molecule has 4 N–H and O–H groups in total. The van der Waals surface area contributed by atoms with Crippen LogP contribution in [-0.2, 0) is 10.3 Å². The van der Waals surface area contributed by atoms with Gasteiger partial charge in [0, 0.05) is 34.6 Å². The van der Waals surface area contributed by atoms with Crippen molar-refractivity contribution in [3.05, 3.63) is 76.4 Å². The summed E-state index contributed by atoms with van der Waals surface area (Å²) >= 11 is 0. The summed E-state index contributed by atoms with van der Waals surface area (Å²) in [6, 6.07) is 6.48. The molecule has 0 radical (unpaired) electrons. The Kier molecular flexibility index (Phi) is 4.36. The minimum Gasteiger partial charge on any atom is -0.454 e. The Hall–Kier alpha value is -3.89. The largest absolute Gasteiger partial charge is 0.454 e. The fourth-order valence-electron chi connectivity index (χ4n) is 5.21. The van der Waals surface area contributed by atoms with Gasteiger partial charge in [-0.3, -0.25) is 9.59 Å². The SMILES string of the molecule is Cc1ccnc2nc(C(=O)NC34C(=O)C5=C(C=CCC5N)C3(O)Oc3cc(C(C)C)ccc34)nn12. The smallest absolute Gasteiger partial charge is 0.292 e. The van der Waals surface area contributed by atoms with Crippen LogP contribution in [0.2, 0.25) is 0 Å². The van der Waals surface area contributed by atoms with Gasteiger partial charge in [-0.05, 0) is 37.0 Å². The van der Waals surface area contributed by atoms with Gasteiger partial charge < -0.3 is 20.9 Å². The first-order chi connectivity index (χ1) is 16.7. The second-order valence-electron chi connectivity index (χ2n) is 9.49. The zero-order chi connectivity index (χ0) is 24.7. The second-order valence-corrected chi connectivity index (χ2v) is 9.49. The van der Waals surface area contributed by atoms with Crippen LogP contribution in [0.1, 0.15) is 53.6 Å². The molecule has 10 nitrogen and oxygen atoms in total. The minimum atomic E-state index is -2.17. The Morgan fingerprint density at radius 3 is 2.89 bits per heavy atom. The van der Waals surface area contributed by atoms with Gasteiger partial charge in [-0.15, -0.1) is 5.10 Å². The average Bonchev–Trinajstić information content (AvgIpc) is 3.42. The van der Waals surface area contributed by atoms with Gasteiger partial charge in [0.05, 0.1) is 0 Å². The van der Waals surface area contributed by atoms with E-state index >= 15 is 0 Å². The number of ketones is 1. The van der Waals surface area contributed by atoms with Crippen molar-refractivity contribution in [3.63, 3.8) is 0 Å². The highest BCUT2D eigenvalue weighted by molar-refractivity contribution is 6.13. The number of hydrogen-bond acceptors (Lipinski definition) is 8. The third kappa shape index (κ3) is 2.69. The fourth-order valence-corrected chi connectivity index (χ4v) is 5.21. The van der Waals surface area contributed by atoms with Gasteiger partial charge in [0.25, 0.3) is 17.5 Å². The minimum absolute atomic E-state index is 0.187. The maximum Gasteiger partial charge on any atom is 0.292 e. The summed E-state index contributed by atoms with van der Waals surface area (Å²) in [5.41, 5.74) is 6.90. The highest BCUT2D eigenvalue weighted by Gasteiger charge is 2.72. The van der Waals surface area contributed by atoms with Gasteiger partial charge in [0.15, 0.2) is 5.78 Å². The van der Waals surface area contributed by atoms with Crippen molar-refractivity contribution in [1.82, 2.24) is 24.9 Å². The number of nitrogens with zero attached hydrogens (tertiary/aromatic N) is 4. The van der Waals surface area contributed by atoms with Crippen molar-refractivity contribution in [3.8, 4) is 5.75 Å². The van der Waals surface area contributed by atoms with Crippen LogP contribution in [0.5, 0.6) is 5.75 Å². The Balaban J connectivity index is 1.52. The lowest BCUT2D eigenvalue weighted by Crippen LogP contribution is -2.63. The Labute approximate surface area is 200 Å². The van der Waals surface area contributed by atoms with Crippen LogP contribution in [0, 0.1) is 6.92 Å². The number of aliphatic hydroxyl groups is 1. The van der Waals surface area contributed by atoms with Crippen molar-refractivity contribution in [2.24, 2.45) is 5.73 Å². The number of aryl methyl sites for hydroxylation is 1. The Morgan fingerprint density at radius 1 is 1.34 bits per heavy atom. The molecule has 3 aliphatic rings. The molecule has 3 heterocycles. The van der Waals surface area contributed by atoms with Crippen LogP contribution in [0.15, 0.2) is 53.8 Å². The van der Waals surface area contributed by atoms with E-state index in [1.54, 1.807) is 36.5 Å². The first-order valence-electron chi connectivity index (χ1n) is 11.5. The lowest BCUT2D eigenvalue weighted by Gasteiger charge is -2.35. The quantitative estimate of drug-likeness (QED) is 0.519. The van der Waals surface area contributed by atoms with E-state index in [2.05, 4.69) is 20.4 Å². The van der Waals surface area contributed by atoms with Gasteiger partial charge >= 0.3 is 0 Å².